The van der Waals surface area contributed by atoms with Crippen LogP contribution in [0, 0.1) is 6.92 Å². The lowest BCUT2D eigenvalue weighted by Crippen LogP contribution is -2.24. The number of halogens is 1. The predicted octanol–water partition coefficient (Wildman–Crippen LogP) is 4.36. The lowest BCUT2D eigenvalue weighted by molar-refractivity contribution is 0.424. The Kier molecular flexibility index (Phi) is 4.40. The van der Waals surface area contributed by atoms with Gasteiger partial charge in [0.05, 0.1) is 6.20 Å². The summed E-state index contributed by atoms with van der Waals surface area (Å²) in [7, 11) is 0. The molecule has 6 heteroatoms. The van der Waals surface area contributed by atoms with E-state index < -0.39 is 0 Å². The normalized spacial score (nSPS) is 17.2. The molecule has 0 saturated carbocycles. The molecule has 3 heterocycles. The molecule has 25 heavy (non-hydrogen) atoms. The Balaban J connectivity index is 1.56. The molecule has 0 aliphatic carbocycles. The zero-order valence-corrected chi connectivity index (χ0v) is 14.8. The third kappa shape index (κ3) is 3.37. The maximum atomic E-state index is 6.24. The fraction of sp³-hybridized carbons (Fsp3) is 0.316. The molecule has 1 fully saturated rings. The van der Waals surface area contributed by atoms with Crippen LogP contribution in [0.1, 0.15) is 41.9 Å². The van der Waals surface area contributed by atoms with Crippen LogP contribution in [0.25, 0.3) is 0 Å². The topological polar surface area (TPSA) is 55.1 Å². The van der Waals surface area contributed by atoms with Gasteiger partial charge in [0.25, 0.3) is 0 Å². The summed E-state index contributed by atoms with van der Waals surface area (Å²) in [6.07, 6.45) is 6.35. The van der Waals surface area contributed by atoms with Crippen molar-refractivity contribution >= 4 is 17.4 Å². The highest BCUT2D eigenvalue weighted by atomic mass is 35.5. The van der Waals surface area contributed by atoms with Crippen LogP contribution in [-0.4, -0.2) is 21.5 Å². The van der Waals surface area contributed by atoms with Crippen molar-refractivity contribution in [1.82, 2.24) is 15.0 Å². The first kappa shape index (κ1) is 16.1. The minimum absolute atomic E-state index is 0.120. The van der Waals surface area contributed by atoms with E-state index in [4.69, 9.17) is 16.0 Å². The molecular weight excluding hydrogens is 336 g/mol. The summed E-state index contributed by atoms with van der Waals surface area (Å²) in [5.41, 5.74) is 1.04. The number of hydrogen-bond donors (Lipinski definition) is 0. The SMILES string of the molecule is Cc1nccc(N2CCC[C@@H]2c2ncc(Cc3ccccc3Cl)o2)n1. The van der Waals surface area contributed by atoms with Crippen molar-refractivity contribution in [2.45, 2.75) is 32.2 Å². The quantitative estimate of drug-likeness (QED) is 0.696. The lowest BCUT2D eigenvalue weighted by Gasteiger charge is -2.23. The van der Waals surface area contributed by atoms with Gasteiger partial charge in [0.1, 0.15) is 23.4 Å². The zero-order chi connectivity index (χ0) is 17.2. The van der Waals surface area contributed by atoms with E-state index in [0.29, 0.717) is 6.42 Å². The number of nitrogens with zero attached hydrogens (tertiary/aromatic N) is 4. The number of hydrogen-bond acceptors (Lipinski definition) is 5. The minimum Gasteiger partial charge on any atom is -0.443 e. The molecule has 0 N–H and O–H groups in total. The van der Waals surface area contributed by atoms with Gasteiger partial charge in [-0.2, -0.15) is 0 Å². The van der Waals surface area contributed by atoms with E-state index in [1.165, 1.54) is 0 Å². The minimum atomic E-state index is 0.120. The molecule has 1 aromatic carbocycles. The van der Waals surface area contributed by atoms with E-state index in [-0.39, 0.29) is 6.04 Å². The maximum absolute atomic E-state index is 6.24. The molecule has 2 aromatic heterocycles. The highest BCUT2D eigenvalue weighted by Gasteiger charge is 2.31. The zero-order valence-electron chi connectivity index (χ0n) is 14.0. The summed E-state index contributed by atoms with van der Waals surface area (Å²) in [6, 6.07) is 9.88. The van der Waals surface area contributed by atoms with Crippen LogP contribution >= 0.6 is 11.6 Å². The van der Waals surface area contributed by atoms with Crippen LogP contribution < -0.4 is 4.90 Å². The lowest BCUT2D eigenvalue weighted by atomic mass is 10.1. The molecule has 1 aliphatic heterocycles. The molecule has 4 rings (SSSR count). The van der Waals surface area contributed by atoms with Gasteiger partial charge in [-0.05, 0) is 37.5 Å². The summed E-state index contributed by atoms with van der Waals surface area (Å²) >= 11 is 6.24. The van der Waals surface area contributed by atoms with Gasteiger partial charge in [-0.1, -0.05) is 29.8 Å². The van der Waals surface area contributed by atoms with Crippen molar-refractivity contribution in [1.29, 1.82) is 0 Å². The van der Waals surface area contributed by atoms with E-state index >= 15 is 0 Å². The van der Waals surface area contributed by atoms with Gasteiger partial charge in [-0.3, -0.25) is 0 Å². The molecule has 0 radical (unpaired) electrons. The molecule has 0 unspecified atom stereocenters. The average Bonchev–Trinajstić information content (AvgIpc) is 3.26. The number of aromatic nitrogens is 3. The first-order valence-corrected chi connectivity index (χ1v) is 8.83. The third-order valence-corrected chi connectivity index (χ3v) is 4.86. The van der Waals surface area contributed by atoms with Crippen molar-refractivity contribution in [2.75, 3.05) is 11.4 Å². The van der Waals surface area contributed by atoms with Crippen molar-refractivity contribution in [3.05, 3.63) is 70.8 Å². The number of oxazole rings is 1. The van der Waals surface area contributed by atoms with E-state index in [2.05, 4.69) is 19.9 Å². The first-order valence-electron chi connectivity index (χ1n) is 8.45. The molecular formula is C19H19ClN4O. The van der Waals surface area contributed by atoms with Crippen LogP contribution in [0.15, 0.2) is 47.1 Å². The molecule has 0 amide bonds. The van der Waals surface area contributed by atoms with Crippen molar-refractivity contribution < 1.29 is 4.42 Å². The second kappa shape index (κ2) is 6.84. The van der Waals surface area contributed by atoms with Gasteiger partial charge < -0.3 is 9.32 Å². The van der Waals surface area contributed by atoms with E-state index in [1.54, 1.807) is 12.4 Å². The second-order valence-corrected chi connectivity index (χ2v) is 6.65. The van der Waals surface area contributed by atoms with Crippen LogP contribution in [-0.2, 0) is 6.42 Å². The Labute approximate surface area is 151 Å². The Hall–Kier alpha value is -2.40. The largest absolute Gasteiger partial charge is 0.443 e. The number of anilines is 1. The predicted molar refractivity (Wildman–Crippen MR) is 96.9 cm³/mol. The summed E-state index contributed by atoms with van der Waals surface area (Å²) in [6.45, 7) is 2.85. The molecule has 128 valence electrons. The van der Waals surface area contributed by atoms with Crippen molar-refractivity contribution in [3.8, 4) is 0 Å². The maximum Gasteiger partial charge on any atom is 0.217 e. The Morgan fingerprint density at radius 2 is 2.12 bits per heavy atom. The standard InChI is InChI=1S/C19H19ClN4O/c1-13-21-9-8-18(23-13)24-10-4-7-17(24)19-22-12-15(25-19)11-14-5-2-3-6-16(14)20/h2-3,5-6,8-9,12,17H,4,7,10-11H2,1H3/t17-/m1/s1. The molecule has 0 spiro atoms. The number of benzene rings is 1. The van der Waals surface area contributed by atoms with Crippen LogP contribution in [0.2, 0.25) is 5.02 Å². The highest BCUT2D eigenvalue weighted by molar-refractivity contribution is 6.31. The third-order valence-electron chi connectivity index (χ3n) is 4.49. The first-order chi connectivity index (χ1) is 12.2. The molecule has 0 bridgehead atoms. The van der Waals surface area contributed by atoms with E-state index in [0.717, 1.165) is 53.3 Å². The van der Waals surface area contributed by atoms with Gasteiger partial charge in [-0.25, -0.2) is 15.0 Å². The smallest absolute Gasteiger partial charge is 0.217 e. The van der Waals surface area contributed by atoms with Gasteiger partial charge in [-0.15, -0.1) is 0 Å². The molecule has 1 atom stereocenters. The second-order valence-electron chi connectivity index (χ2n) is 6.25. The fourth-order valence-corrected chi connectivity index (χ4v) is 3.49. The Morgan fingerprint density at radius 1 is 1.24 bits per heavy atom. The highest BCUT2D eigenvalue weighted by Crippen LogP contribution is 2.35. The summed E-state index contributed by atoms with van der Waals surface area (Å²) < 4.78 is 6.05. The summed E-state index contributed by atoms with van der Waals surface area (Å²) in [5, 5.41) is 0.749. The van der Waals surface area contributed by atoms with E-state index in [1.807, 2.05) is 37.3 Å². The fourth-order valence-electron chi connectivity index (χ4n) is 3.29. The monoisotopic (exact) mass is 354 g/mol. The van der Waals surface area contributed by atoms with Crippen LogP contribution in [0.4, 0.5) is 5.82 Å². The van der Waals surface area contributed by atoms with Crippen LogP contribution in [0.3, 0.4) is 0 Å². The molecule has 3 aromatic rings. The van der Waals surface area contributed by atoms with Crippen molar-refractivity contribution in [2.24, 2.45) is 0 Å². The number of rotatable bonds is 4. The van der Waals surface area contributed by atoms with Gasteiger partial charge >= 0.3 is 0 Å². The number of aryl methyl sites for hydroxylation is 1. The van der Waals surface area contributed by atoms with Crippen LogP contribution in [0.5, 0.6) is 0 Å². The van der Waals surface area contributed by atoms with Gasteiger partial charge in [0.15, 0.2) is 0 Å². The van der Waals surface area contributed by atoms with Gasteiger partial charge in [0, 0.05) is 24.2 Å². The summed E-state index contributed by atoms with van der Waals surface area (Å²) in [5.74, 6) is 3.28. The molecule has 5 nitrogen and oxygen atoms in total. The Bertz CT molecular complexity index is 879. The van der Waals surface area contributed by atoms with Crippen molar-refractivity contribution in [3.63, 3.8) is 0 Å². The molecule has 1 saturated heterocycles. The average molecular weight is 355 g/mol. The Morgan fingerprint density at radius 3 is 2.96 bits per heavy atom. The molecule has 1 aliphatic rings. The summed E-state index contributed by atoms with van der Waals surface area (Å²) in [4.78, 5) is 15.5. The van der Waals surface area contributed by atoms with Gasteiger partial charge in [0.2, 0.25) is 5.89 Å². The van der Waals surface area contributed by atoms with E-state index in [9.17, 15) is 0 Å².